The van der Waals surface area contributed by atoms with E-state index in [4.69, 9.17) is 12.2 Å². The normalized spacial score (nSPS) is 10.8. The van der Waals surface area contributed by atoms with E-state index < -0.39 is 0 Å². The molecule has 0 fully saturated rings. The fraction of sp³-hybridized carbons (Fsp3) is 0. The third kappa shape index (κ3) is 1.51. The molecule has 0 aliphatic rings. The number of aromatic amines is 2. The maximum Gasteiger partial charge on any atom is 0.176 e. The molecule has 4 nitrogen and oxygen atoms in total. The third-order valence-corrected chi connectivity index (χ3v) is 2.54. The molecule has 3 heterocycles. The summed E-state index contributed by atoms with van der Waals surface area (Å²) in [5.74, 6) is 0. The summed E-state index contributed by atoms with van der Waals surface area (Å²) >= 11 is 5.01. The van der Waals surface area contributed by atoms with E-state index >= 15 is 0 Å². The van der Waals surface area contributed by atoms with E-state index in [9.17, 15) is 0 Å². The second-order valence-electron chi connectivity index (χ2n) is 3.41. The average molecular weight is 228 g/mol. The van der Waals surface area contributed by atoms with E-state index in [0.29, 0.717) is 4.77 Å². The highest BCUT2D eigenvalue weighted by atomic mass is 32.1. The first-order chi connectivity index (χ1) is 7.83. The number of fused-ring (bicyclic) bond motifs is 1. The second-order valence-corrected chi connectivity index (χ2v) is 3.82. The minimum Gasteiger partial charge on any atom is -0.329 e. The van der Waals surface area contributed by atoms with Gasteiger partial charge in [0.25, 0.3) is 0 Å². The van der Waals surface area contributed by atoms with Crippen molar-refractivity contribution in [3.63, 3.8) is 0 Å². The molecule has 3 rings (SSSR count). The van der Waals surface area contributed by atoms with Gasteiger partial charge in [0, 0.05) is 18.0 Å². The molecule has 0 aliphatic heterocycles. The van der Waals surface area contributed by atoms with Crippen LogP contribution in [0.5, 0.6) is 0 Å². The van der Waals surface area contributed by atoms with Crippen molar-refractivity contribution >= 4 is 23.4 Å². The summed E-state index contributed by atoms with van der Waals surface area (Å²) in [5, 5.41) is 0. The number of hydrogen-bond donors (Lipinski definition) is 2. The minimum atomic E-state index is 0.589. The number of nitrogens with one attached hydrogen (secondary N) is 2. The minimum absolute atomic E-state index is 0.589. The van der Waals surface area contributed by atoms with Gasteiger partial charge >= 0.3 is 0 Å². The average Bonchev–Trinajstić information content (AvgIpc) is 2.69. The number of aromatic nitrogens is 4. The Bertz CT molecular complexity index is 684. The Morgan fingerprint density at radius 2 is 2.06 bits per heavy atom. The van der Waals surface area contributed by atoms with E-state index in [1.54, 1.807) is 12.4 Å². The zero-order valence-corrected chi connectivity index (χ0v) is 9.08. The zero-order valence-electron chi connectivity index (χ0n) is 8.27. The number of rotatable bonds is 1. The van der Waals surface area contributed by atoms with Crippen molar-refractivity contribution in [1.29, 1.82) is 0 Å². The lowest BCUT2D eigenvalue weighted by molar-refractivity contribution is 1.26. The van der Waals surface area contributed by atoms with Gasteiger partial charge in [-0.3, -0.25) is 4.98 Å². The van der Waals surface area contributed by atoms with Crippen LogP contribution in [-0.2, 0) is 0 Å². The standard InChI is InChI=1S/C11H8N4S/c16-11-14-9-4-3-8(13-10(9)15-11)7-2-1-5-12-6-7/h1-6H,(H2,13,14,15,16). The van der Waals surface area contributed by atoms with Crippen LogP contribution in [0, 0.1) is 4.77 Å². The second kappa shape index (κ2) is 3.53. The Morgan fingerprint density at radius 3 is 2.88 bits per heavy atom. The molecule has 0 spiro atoms. The van der Waals surface area contributed by atoms with Gasteiger partial charge in [0.1, 0.15) is 0 Å². The van der Waals surface area contributed by atoms with E-state index in [-0.39, 0.29) is 0 Å². The zero-order chi connectivity index (χ0) is 11.0. The molecule has 0 bridgehead atoms. The van der Waals surface area contributed by atoms with Crippen LogP contribution in [0.2, 0.25) is 0 Å². The Kier molecular flexibility index (Phi) is 2.04. The number of H-pyrrole nitrogens is 2. The van der Waals surface area contributed by atoms with Gasteiger partial charge in [0.15, 0.2) is 10.4 Å². The van der Waals surface area contributed by atoms with E-state index in [0.717, 1.165) is 22.4 Å². The summed E-state index contributed by atoms with van der Waals surface area (Å²) in [6.07, 6.45) is 3.53. The number of pyridine rings is 2. The van der Waals surface area contributed by atoms with Crippen molar-refractivity contribution in [3.05, 3.63) is 41.4 Å². The van der Waals surface area contributed by atoms with Gasteiger partial charge in [-0.15, -0.1) is 0 Å². The largest absolute Gasteiger partial charge is 0.329 e. The maximum absolute atomic E-state index is 5.01. The van der Waals surface area contributed by atoms with Crippen molar-refractivity contribution < 1.29 is 0 Å². The third-order valence-electron chi connectivity index (χ3n) is 2.33. The van der Waals surface area contributed by atoms with Crippen LogP contribution in [0.3, 0.4) is 0 Å². The molecule has 0 unspecified atom stereocenters. The molecule has 3 aromatic rings. The summed E-state index contributed by atoms with van der Waals surface area (Å²) < 4.78 is 0.589. The Balaban J connectivity index is 2.22. The Morgan fingerprint density at radius 1 is 1.12 bits per heavy atom. The van der Waals surface area contributed by atoms with Gasteiger partial charge in [0.05, 0.1) is 11.2 Å². The summed E-state index contributed by atoms with van der Waals surface area (Å²) in [6.45, 7) is 0. The molecular formula is C11H8N4S. The van der Waals surface area contributed by atoms with Crippen molar-refractivity contribution in [2.24, 2.45) is 0 Å². The molecule has 0 aliphatic carbocycles. The number of nitrogens with zero attached hydrogens (tertiary/aromatic N) is 2. The maximum atomic E-state index is 5.01. The fourth-order valence-electron chi connectivity index (χ4n) is 1.59. The lowest BCUT2D eigenvalue weighted by atomic mass is 10.2. The Hall–Kier alpha value is -2.01. The van der Waals surface area contributed by atoms with Gasteiger partial charge in [-0.25, -0.2) is 4.98 Å². The van der Waals surface area contributed by atoms with Crippen LogP contribution in [0.1, 0.15) is 0 Å². The highest BCUT2D eigenvalue weighted by Gasteiger charge is 2.02. The molecule has 3 aromatic heterocycles. The van der Waals surface area contributed by atoms with Crippen LogP contribution in [0.4, 0.5) is 0 Å². The highest BCUT2D eigenvalue weighted by Crippen LogP contribution is 2.17. The molecule has 0 saturated heterocycles. The lowest BCUT2D eigenvalue weighted by Crippen LogP contribution is -1.85. The number of imidazole rings is 1. The summed E-state index contributed by atoms with van der Waals surface area (Å²) in [6, 6.07) is 7.76. The molecule has 0 atom stereocenters. The smallest absolute Gasteiger partial charge is 0.176 e. The quantitative estimate of drug-likeness (QED) is 0.629. The first kappa shape index (κ1) is 9.23. The van der Waals surface area contributed by atoms with Crippen LogP contribution in [0.15, 0.2) is 36.7 Å². The predicted molar refractivity (Wildman–Crippen MR) is 64.5 cm³/mol. The number of hydrogen-bond acceptors (Lipinski definition) is 3. The highest BCUT2D eigenvalue weighted by molar-refractivity contribution is 7.71. The molecule has 2 N–H and O–H groups in total. The molecule has 0 saturated carbocycles. The molecule has 0 aromatic carbocycles. The van der Waals surface area contributed by atoms with Gasteiger partial charge in [-0.1, -0.05) is 0 Å². The molecule has 0 radical (unpaired) electrons. The van der Waals surface area contributed by atoms with Crippen molar-refractivity contribution in [3.8, 4) is 11.3 Å². The Labute approximate surface area is 96.4 Å². The molecule has 5 heteroatoms. The molecule has 16 heavy (non-hydrogen) atoms. The van der Waals surface area contributed by atoms with Crippen molar-refractivity contribution in [2.75, 3.05) is 0 Å². The van der Waals surface area contributed by atoms with Crippen molar-refractivity contribution in [1.82, 2.24) is 19.9 Å². The summed E-state index contributed by atoms with van der Waals surface area (Å²) in [5.41, 5.74) is 3.56. The predicted octanol–water partition coefficient (Wildman–Crippen LogP) is 2.68. The molecular weight excluding hydrogens is 220 g/mol. The first-order valence-corrected chi connectivity index (χ1v) is 5.23. The van der Waals surface area contributed by atoms with E-state index in [1.165, 1.54) is 0 Å². The van der Waals surface area contributed by atoms with E-state index in [2.05, 4.69) is 19.9 Å². The van der Waals surface area contributed by atoms with Crippen LogP contribution >= 0.6 is 12.2 Å². The molecule has 0 amide bonds. The molecule has 78 valence electrons. The summed E-state index contributed by atoms with van der Waals surface area (Å²) in [7, 11) is 0. The topological polar surface area (TPSA) is 57.4 Å². The van der Waals surface area contributed by atoms with E-state index in [1.807, 2.05) is 24.3 Å². The van der Waals surface area contributed by atoms with Gasteiger partial charge in [-0.05, 0) is 36.5 Å². The van der Waals surface area contributed by atoms with Crippen LogP contribution in [0.25, 0.3) is 22.4 Å². The summed E-state index contributed by atoms with van der Waals surface area (Å²) in [4.78, 5) is 14.6. The monoisotopic (exact) mass is 228 g/mol. The SMILES string of the molecule is S=c1[nH]c2ccc(-c3cccnc3)nc2[nH]1. The van der Waals surface area contributed by atoms with Crippen molar-refractivity contribution in [2.45, 2.75) is 0 Å². The lowest BCUT2D eigenvalue weighted by Gasteiger charge is -1.98. The van der Waals surface area contributed by atoms with Gasteiger partial charge in [0.2, 0.25) is 0 Å². The van der Waals surface area contributed by atoms with Gasteiger partial charge < -0.3 is 9.97 Å². The van der Waals surface area contributed by atoms with Gasteiger partial charge in [-0.2, -0.15) is 0 Å². The fourth-order valence-corrected chi connectivity index (χ4v) is 1.80. The first-order valence-electron chi connectivity index (χ1n) is 4.82. The van der Waals surface area contributed by atoms with Crippen LogP contribution < -0.4 is 0 Å². The van der Waals surface area contributed by atoms with Crippen LogP contribution in [-0.4, -0.2) is 19.9 Å².